The molecule has 0 saturated heterocycles. The highest BCUT2D eigenvalue weighted by Crippen LogP contribution is 2.74. The summed E-state index contributed by atoms with van der Waals surface area (Å²) in [5, 5.41) is 12.6. The molecule has 0 spiro atoms. The van der Waals surface area contributed by atoms with E-state index in [1.807, 2.05) is 44.2 Å². The molecule has 0 unspecified atom stereocenters. The Kier molecular flexibility index (Phi) is 13.4. The minimum absolute atomic E-state index is 0.00853. The van der Waals surface area contributed by atoms with Gasteiger partial charge in [-0.1, -0.05) is 87.9 Å². The molecule has 0 radical (unpaired) electrons. The van der Waals surface area contributed by atoms with Gasteiger partial charge >= 0.3 is 17.9 Å². The number of carbonyl (C=O) groups excluding carboxylic acids is 4. The molecule has 4 fully saturated rings. The Labute approximate surface area is 349 Å². The maximum Gasteiger partial charge on any atom is 0.339 e. The predicted molar refractivity (Wildman–Crippen MR) is 224 cm³/mol. The number of hydrogen-bond acceptors (Lipinski definition) is 9. The van der Waals surface area contributed by atoms with Crippen LogP contribution in [-0.4, -0.2) is 53.8 Å². The van der Waals surface area contributed by atoms with Crippen LogP contribution in [0.15, 0.2) is 90.0 Å². The number of allylic oxidation sites excluding steroid dienone is 2. The van der Waals surface area contributed by atoms with Crippen molar-refractivity contribution in [2.45, 2.75) is 125 Å². The van der Waals surface area contributed by atoms with Crippen LogP contribution in [0.5, 0.6) is 0 Å². The zero-order valence-electron chi connectivity index (χ0n) is 35.9. The Morgan fingerprint density at radius 3 is 2.29 bits per heavy atom. The molecule has 59 heavy (non-hydrogen) atoms. The number of aliphatic hydroxyl groups is 1. The van der Waals surface area contributed by atoms with E-state index >= 15 is 0 Å². The molecule has 4 aliphatic carbocycles. The number of hydrogen-bond donors (Lipinski definition) is 2. The van der Waals surface area contributed by atoms with Gasteiger partial charge in [-0.05, 0) is 128 Å². The molecular formula is C49H63NO9. The van der Waals surface area contributed by atoms with Crippen LogP contribution >= 0.6 is 0 Å². The first-order chi connectivity index (χ1) is 28.1. The number of rotatable bonds is 13. The molecule has 10 atom stereocenters. The quantitative estimate of drug-likeness (QED) is 0.0507. The average molecular weight is 810 g/mol. The lowest BCUT2D eigenvalue weighted by molar-refractivity contribution is -0.234. The highest BCUT2D eigenvalue weighted by Gasteiger charge is 2.71. The summed E-state index contributed by atoms with van der Waals surface area (Å²) < 4.78 is 18.4. The van der Waals surface area contributed by atoms with Crippen molar-refractivity contribution in [2.24, 2.45) is 39.9 Å². The van der Waals surface area contributed by atoms with Gasteiger partial charge in [-0.25, -0.2) is 15.1 Å². The van der Waals surface area contributed by atoms with E-state index in [2.05, 4.69) is 45.8 Å². The third-order valence-electron chi connectivity index (χ3n) is 14.8. The second-order valence-corrected chi connectivity index (χ2v) is 18.4. The molecule has 4 aliphatic rings. The first kappa shape index (κ1) is 44.0. The number of esters is 3. The summed E-state index contributed by atoms with van der Waals surface area (Å²) in [6, 6.07) is 16.2. The molecule has 318 valence electrons. The minimum atomic E-state index is -0.684. The molecular weight excluding hydrogens is 747 g/mol. The lowest BCUT2D eigenvalue weighted by Crippen LogP contribution is -2.65. The first-order valence-electron chi connectivity index (χ1n) is 21.3. The highest BCUT2D eigenvalue weighted by atomic mass is 16.6. The van der Waals surface area contributed by atoms with Crippen LogP contribution in [0.25, 0.3) is 0 Å². The summed E-state index contributed by atoms with van der Waals surface area (Å²) in [6.45, 7) is 18.4. The van der Waals surface area contributed by atoms with Crippen molar-refractivity contribution in [3.8, 4) is 0 Å². The molecule has 0 aromatic heterocycles. The van der Waals surface area contributed by atoms with E-state index in [9.17, 15) is 24.3 Å². The van der Waals surface area contributed by atoms with E-state index < -0.39 is 41.4 Å². The number of amides is 1. The zero-order valence-corrected chi connectivity index (χ0v) is 35.9. The standard InChI is InChI=1S/C49H63NO9/c1-9-26-57-50-44(53)34-19-13-14-20-35(34)46(55)59-40-23-24-47(6)37(31(40)4)22-25-48(7)43(47)39(52)27-38-42(41(58-32(5)51)28-49(38,48)8)36(21-15-16-30(2)3)45(54)56-29-33-17-11-10-12-18-33/h9-14,16-20,31,37-41,43,52H,1,15,21-29H2,2-8H3,(H,50,53)/b42-36-/t31-,37-,38-,39+,40+,41-,43-,47-,48-,49-/m0/s1. The maximum atomic E-state index is 14.2. The Hall–Kier alpha value is -4.54. The van der Waals surface area contributed by atoms with Crippen LogP contribution in [0.1, 0.15) is 126 Å². The maximum absolute atomic E-state index is 14.2. The van der Waals surface area contributed by atoms with Crippen LogP contribution in [0, 0.1) is 39.9 Å². The van der Waals surface area contributed by atoms with Crippen molar-refractivity contribution >= 4 is 23.8 Å². The molecule has 10 heteroatoms. The van der Waals surface area contributed by atoms with Crippen molar-refractivity contribution in [2.75, 3.05) is 6.61 Å². The smallest absolute Gasteiger partial charge is 0.339 e. The summed E-state index contributed by atoms with van der Waals surface area (Å²) in [7, 11) is 0. The van der Waals surface area contributed by atoms with E-state index in [-0.39, 0.29) is 64.9 Å². The highest BCUT2D eigenvalue weighted by molar-refractivity contribution is 6.05. The van der Waals surface area contributed by atoms with E-state index in [0.29, 0.717) is 37.7 Å². The fourth-order valence-corrected chi connectivity index (χ4v) is 12.0. The Morgan fingerprint density at radius 1 is 0.915 bits per heavy atom. The molecule has 6 rings (SSSR count). The number of fused-ring (bicyclic) bond motifs is 5. The molecule has 4 saturated carbocycles. The predicted octanol–water partition coefficient (Wildman–Crippen LogP) is 9.04. The molecule has 0 heterocycles. The van der Waals surface area contributed by atoms with Gasteiger partial charge in [0.05, 0.1) is 23.8 Å². The Bertz CT molecular complexity index is 1970. The zero-order chi connectivity index (χ0) is 42.7. The summed E-state index contributed by atoms with van der Waals surface area (Å²) >= 11 is 0. The topological polar surface area (TPSA) is 137 Å². The summed E-state index contributed by atoms with van der Waals surface area (Å²) in [5.74, 6) is -2.06. The molecule has 0 bridgehead atoms. The third kappa shape index (κ3) is 8.58. The molecule has 2 aromatic carbocycles. The van der Waals surface area contributed by atoms with Crippen molar-refractivity contribution in [3.05, 3.63) is 107 Å². The fraction of sp³-hybridized carbons (Fsp3) is 0.551. The van der Waals surface area contributed by atoms with Crippen LogP contribution in [-0.2, 0) is 35.2 Å². The SMILES string of the molecule is C=CCONC(=O)c1ccccc1C(=O)O[C@@H]1CC[C@@]2(C)[C@@H](CC[C@@]3(C)[C@H]2[C@H](O)C[C@H]2/C(=C(\CCC=C(C)C)C(=O)OCc4ccccc4)[C@@H](OC(C)=O)C[C@@]23C)[C@@H]1C. The van der Waals surface area contributed by atoms with Gasteiger partial charge < -0.3 is 19.3 Å². The molecule has 1 amide bonds. The number of aliphatic hydroxyl groups excluding tert-OH is 1. The van der Waals surface area contributed by atoms with Gasteiger partial charge in [-0.15, -0.1) is 6.58 Å². The lowest BCUT2D eigenvalue weighted by atomic mass is 9.36. The molecule has 10 nitrogen and oxygen atoms in total. The van der Waals surface area contributed by atoms with E-state index in [0.717, 1.165) is 36.0 Å². The number of benzene rings is 2. The third-order valence-corrected chi connectivity index (χ3v) is 14.8. The number of ether oxygens (including phenoxy) is 3. The molecule has 2 N–H and O–H groups in total. The van der Waals surface area contributed by atoms with Gasteiger partial charge in [0.15, 0.2) is 0 Å². The van der Waals surface area contributed by atoms with Crippen LogP contribution < -0.4 is 5.48 Å². The van der Waals surface area contributed by atoms with Gasteiger partial charge in [-0.2, -0.15) is 0 Å². The second kappa shape index (κ2) is 18.0. The molecule has 2 aromatic rings. The van der Waals surface area contributed by atoms with E-state index in [4.69, 9.17) is 19.0 Å². The van der Waals surface area contributed by atoms with Gasteiger partial charge in [0.1, 0.15) is 18.8 Å². The lowest BCUT2D eigenvalue weighted by Gasteiger charge is -2.69. The molecule has 0 aliphatic heterocycles. The number of nitrogens with one attached hydrogen (secondary N) is 1. The fourth-order valence-electron chi connectivity index (χ4n) is 12.0. The average Bonchev–Trinajstić information content (AvgIpc) is 3.47. The number of carbonyl (C=O) groups is 4. The Balaban J connectivity index is 1.29. The van der Waals surface area contributed by atoms with E-state index in [1.54, 1.807) is 24.3 Å². The normalized spacial score (nSPS) is 32.9. The van der Waals surface area contributed by atoms with Crippen LogP contribution in [0.3, 0.4) is 0 Å². The first-order valence-corrected chi connectivity index (χ1v) is 21.3. The Morgan fingerprint density at radius 2 is 1.61 bits per heavy atom. The van der Waals surface area contributed by atoms with Gasteiger partial charge in [0.25, 0.3) is 5.91 Å². The summed E-state index contributed by atoms with van der Waals surface area (Å²) in [5.41, 5.74) is 5.01. The van der Waals surface area contributed by atoms with Crippen molar-refractivity contribution < 1.29 is 43.3 Å². The summed E-state index contributed by atoms with van der Waals surface area (Å²) in [4.78, 5) is 58.8. The second-order valence-electron chi connectivity index (χ2n) is 18.4. The minimum Gasteiger partial charge on any atom is -0.458 e. The largest absolute Gasteiger partial charge is 0.458 e. The monoisotopic (exact) mass is 809 g/mol. The van der Waals surface area contributed by atoms with Crippen molar-refractivity contribution in [3.63, 3.8) is 0 Å². The number of hydroxylamine groups is 1. The van der Waals surface area contributed by atoms with Gasteiger partial charge in [-0.3, -0.25) is 14.4 Å². The van der Waals surface area contributed by atoms with Crippen LogP contribution in [0.2, 0.25) is 0 Å². The van der Waals surface area contributed by atoms with E-state index in [1.165, 1.54) is 13.0 Å². The van der Waals surface area contributed by atoms with Gasteiger partial charge in [0.2, 0.25) is 0 Å². The van der Waals surface area contributed by atoms with Crippen molar-refractivity contribution in [1.82, 2.24) is 5.48 Å². The summed E-state index contributed by atoms with van der Waals surface area (Å²) in [6.07, 6.45) is 7.02. The van der Waals surface area contributed by atoms with Crippen LogP contribution in [0.4, 0.5) is 0 Å². The van der Waals surface area contributed by atoms with Gasteiger partial charge in [0, 0.05) is 12.5 Å². The van der Waals surface area contributed by atoms with Crippen molar-refractivity contribution in [1.29, 1.82) is 0 Å².